The molecule has 0 amide bonds. The Morgan fingerprint density at radius 3 is 2.33 bits per heavy atom. The van der Waals surface area contributed by atoms with Crippen molar-refractivity contribution in [3.8, 4) is 0 Å². The Bertz CT molecular complexity index is 339. The Balaban J connectivity index is 2.46. The molecule has 1 aliphatic heterocycles. The van der Waals surface area contributed by atoms with Crippen LogP contribution in [0, 0.1) is 5.41 Å². The molecule has 1 aliphatic rings. The molecule has 0 N–H and O–H groups in total. The summed E-state index contributed by atoms with van der Waals surface area (Å²) in [4.78, 5) is 17.1. The maximum Gasteiger partial charge on any atom is 0.330 e. The monoisotopic (exact) mass is 271 g/mol. The van der Waals surface area contributed by atoms with E-state index in [1.54, 1.807) is 5.06 Å². The van der Waals surface area contributed by atoms with E-state index in [0.717, 1.165) is 12.2 Å². The van der Waals surface area contributed by atoms with E-state index in [1.165, 1.54) is 0 Å². The minimum Gasteiger partial charge on any atom is -0.547 e. The molecule has 0 fully saturated rings. The van der Waals surface area contributed by atoms with E-state index in [2.05, 4.69) is 19.6 Å². The standard InChI is InChI=1S/C13H25NO3Si/c1-13(2,3)12(15)16-14-9-7-11(8-10-14)17-18(4,5)6/h7H,8-10H2,1-6H3. The van der Waals surface area contributed by atoms with E-state index in [1.807, 2.05) is 26.8 Å². The van der Waals surface area contributed by atoms with Gasteiger partial charge in [0.15, 0.2) is 0 Å². The predicted octanol–water partition coefficient (Wildman–Crippen LogP) is 2.93. The first-order valence-electron chi connectivity index (χ1n) is 6.43. The first kappa shape index (κ1) is 15.2. The number of rotatable bonds is 3. The average molecular weight is 271 g/mol. The van der Waals surface area contributed by atoms with E-state index in [-0.39, 0.29) is 5.97 Å². The highest BCUT2D eigenvalue weighted by molar-refractivity contribution is 6.70. The van der Waals surface area contributed by atoms with E-state index in [9.17, 15) is 4.79 Å². The maximum absolute atomic E-state index is 11.7. The third-order valence-corrected chi connectivity index (χ3v) is 3.27. The molecule has 0 bridgehead atoms. The van der Waals surface area contributed by atoms with Gasteiger partial charge in [0.1, 0.15) is 0 Å². The summed E-state index contributed by atoms with van der Waals surface area (Å²) in [5.74, 6) is 0.850. The molecule has 0 spiro atoms. The number of hydrogen-bond acceptors (Lipinski definition) is 4. The van der Waals surface area contributed by atoms with Crippen LogP contribution in [-0.2, 0) is 14.1 Å². The van der Waals surface area contributed by atoms with Gasteiger partial charge in [-0.1, -0.05) is 0 Å². The maximum atomic E-state index is 11.7. The van der Waals surface area contributed by atoms with Crippen molar-refractivity contribution in [3.05, 3.63) is 11.8 Å². The fraction of sp³-hybridized carbons (Fsp3) is 0.769. The van der Waals surface area contributed by atoms with Crippen LogP contribution in [0.2, 0.25) is 19.6 Å². The Labute approximate surface area is 111 Å². The fourth-order valence-corrected chi connectivity index (χ4v) is 2.43. The Morgan fingerprint density at radius 1 is 1.33 bits per heavy atom. The van der Waals surface area contributed by atoms with Crippen LogP contribution >= 0.6 is 0 Å². The summed E-state index contributed by atoms with van der Waals surface area (Å²) in [5.41, 5.74) is -0.460. The molecule has 104 valence electrons. The molecule has 0 radical (unpaired) electrons. The summed E-state index contributed by atoms with van der Waals surface area (Å²) in [6, 6.07) is 0. The zero-order valence-corrected chi connectivity index (χ0v) is 13.4. The zero-order chi connectivity index (χ0) is 14.0. The topological polar surface area (TPSA) is 38.8 Å². The third kappa shape index (κ3) is 5.22. The SMILES string of the molecule is CC(C)(C)C(=O)ON1CC=C(O[Si](C)(C)C)CC1. The van der Waals surface area contributed by atoms with Crippen molar-refractivity contribution in [1.82, 2.24) is 5.06 Å². The van der Waals surface area contributed by atoms with Crippen LogP contribution < -0.4 is 0 Å². The van der Waals surface area contributed by atoms with Crippen molar-refractivity contribution in [2.45, 2.75) is 46.8 Å². The number of nitrogens with zero attached hydrogens (tertiary/aromatic N) is 1. The highest BCUT2D eigenvalue weighted by atomic mass is 28.4. The highest BCUT2D eigenvalue weighted by Gasteiger charge is 2.27. The molecule has 1 rings (SSSR count). The van der Waals surface area contributed by atoms with Crippen LogP contribution in [0.4, 0.5) is 0 Å². The van der Waals surface area contributed by atoms with Crippen LogP contribution in [0.5, 0.6) is 0 Å². The fourth-order valence-electron chi connectivity index (χ4n) is 1.45. The van der Waals surface area contributed by atoms with Gasteiger partial charge in [-0.25, -0.2) is 4.79 Å². The second kappa shape index (κ2) is 5.44. The molecule has 1 heterocycles. The van der Waals surface area contributed by atoms with Crippen LogP contribution in [-0.4, -0.2) is 32.4 Å². The van der Waals surface area contributed by atoms with E-state index in [0.29, 0.717) is 13.1 Å². The molecule has 0 aliphatic carbocycles. The number of carbonyl (C=O) groups is 1. The third-order valence-electron chi connectivity index (χ3n) is 2.39. The van der Waals surface area contributed by atoms with E-state index >= 15 is 0 Å². The van der Waals surface area contributed by atoms with Crippen molar-refractivity contribution in [1.29, 1.82) is 0 Å². The summed E-state index contributed by atoms with van der Waals surface area (Å²) in [6.07, 6.45) is 2.82. The predicted molar refractivity (Wildman–Crippen MR) is 74.3 cm³/mol. The molecular formula is C13H25NO3Si. The minimum atomic E-state index is -1.52. The van der Waals surface area contributed by atoms with Crippen LogP contribution in [0.1, 0.15) is 27.2 Å². The molecule has 5 heteroatoms. The first-order chi connectivity index (χ1) is 8.08. The summed E-state index contributed by atoms with van der Waals surface area (Å²) in [7, 11) is -1.52. The highest BCUT2D eigenvalue weighted by Crippen LogP contribution is 2.20. The lowest BCUT2D eigenvalue weighted by atomic mass is 9.98. The second-order valence-electron chi connectivity index (χ2n) is 6.65. The molecule has 0 saturated heterocycles. The lowest BCUT2D eigenvalue weighted by Gasteiger charge is -2.30. The summed E-state index contributed by atoms with van der Waals surface area (Å²) in [6.45, 7) is 13.4. The molecule has 0 saturated carbocycles. The van der Waals surface area contributed by atoms with Crippen molar-refractivity contribution in [2.75, 3.05) is 13.1 Å². The molecule has 0 aromatic rings. The normalized spacial score (nSPS) is 18.2. The van der Waals surface area contributed by atoms with Gasteiger partial charge in [0.05, 0.1) is 17.7 Å². The smallest absolute Gasteiger partial charge is 0.330 e. The van der Waals surface area contributed by atoms with Gasteiger partial charge in [0.2, 0.25) is 8.32 Å². The van der Waals surface area contributed by atoms with Crippen LogP contribution in [0.3, 0.4) is 0 Å². The summed E-state index contributed by atoms with van der Waals surface area (Å²) in [5, 5.41) is 1.70. The molecule has 0 atom stereocenters. The Morgan fingerprint density at radius 2 is 1.94 bits per heavy atom. The van der Waals surface area contributed by atoms with Crippen LogP contribution in [0.25, 0.3) is 0 Å². The van der Waals surface area contributed by atoms with E-state index < -0.39 is 13.7 Å². The van der Waals surface area contributed by atoms with Crippen molar-refractivity contribution < 1.29 is 14.1 Å². The average Bonchev–Trinajstić information content (AvgIpc) is 2.17. The van der Waals surface area contributed by atoms with Gasteiger partial charge in [0.25, 0.3) is 0 Å². The van der Waals surface area contributed by atoms with E-state index in [4.69, 9.17) is 9.26 Å². The lowest BCUT2D eigenvalue weighted by molar-refractivity contribution is -0.199. The molecule has 4 nitrogen and oxygen atoms in total. The zero-order valence-electron chi connectivity index (χ0n) is 12.4. The summed E-state index contributed by atoms with van der Waals surface area (Å²) < 4.78 is 5.93. The molecule has 0 unspecified atom stereocenters. The molecule has 18 heavy (non-hydrogen) atoms. The Kier molecular flexibility index (Phi) is 4.61. The first-order valence-corrected chi connectivity index (χ1v) is 9.84. The quantitative estimate of drug-likeness (QED) is 0.740. The van der Waals surface area contributed by atoms with Gasteiger partial charge in [-0.05, 0) is 46.5 Å². The number of carbonyl (C=O) groups excluding carboxylic acids is 1. The second-order valence-corrected chi connectivity index (χ2v) is 11.1. The van der Waals surface area contributed by atoms with Gasteiger partial charge >= 0.3 is 5.97 Å². The van der Waals surface area contributed by atoms with Gasteiger partial charge in [-0.3, -0.25) is 0 Å². The molecule has 0 aromatic heterocycles. The Hall–Kier alpha value is -0.813. The van der Waals surface area contributed by atoms with Crippen molar-refractivity contribution >= 4 is 14.3 Å². The summed E-state index contributed by atoms with van der Waals surface area (Å²) >= 11 is 0. The van der Waals surface area contributed by atoms with Gasteiger partial charge in [-0.2, -0.15) is 0 Å². The number of hydrogen-bond donors (Lipinski definition) is 0. The van der Waals surface area contributed by atoms with Gasteiger partial charge in [0, 0.05) is 13.0 Å². The van der Waals surface area contributed by atoms with Crippen molar-refractivity contribution in [3.63, 3.8) is 0 Å². The van der Waals surface area contributed by atoms with Crippen molar-refractivity contribution in [2.24, 2.45) is 5.41 Å². The largest absolute Gasteiger partial charge is 0.547 e. The van der Waals surface area contributed by atoms with Crippen LogP contribution in [0.15, 0.2) is 11.8 Å². The minimum absolute atomic E-state index is 0.189. The number of hydroxylamine groups is 2. The molecule has 0 aromatic carbocycles. The molecular weight excluding hydrogens is 246 g/mol. The van der Waals surface area contributed by atoms with Gasteiger partial charge in [-0.15, -0.1) is 5.06 Å². The lowest BCUT2D eigenvalue weighted by Crippen LogP contribution is -2.37. The van der Waals surface area contributed by atoms with Gasteiger partial charge < -0.3 is 9.26 Å².